The van der Waals surface area contributed by atoms with E-state index in [4.69, 9.17) is 4.74 Å². The normalized spacial score (nSPS) is 16.4. The topological polar surface area (TPSA) is 12.2 Å². The molecule has 40 heavy (non-hydrogen) atoms. The SMILES string of the molecule is CCC[N+]1=c2ccc(=CC=C3C=C(c4ccc(Br)cc4)C=C(c4ccc(Br)cc4)O3)cc2CCC1.F[B-](F)(F)F. The lowest BCUT2D eigenvalue weighted by Crippen LogP contribution is -2.38. The lowest BCUT2D eigenvalue weighted by Gasteiger charge is -2.18. The van der Waals surface area contributed by atoms with Gasteiger partial charge in [-0.1, -0.05) is 69.1 Å². The highest BCUT2D eigenvalue weighted by molar-refractivity contribution is 9.10. The number of hydrogen-bond donors (Lipinski definition) is 0. The van der Waals surface area contributed by atoms with E-state index in [-0.39, 0.29) is 0 Å². The van der Waals surface area contributed by atoms with Crippen LogP contribution >= 0.6 is 31.9 Å². The van der Waals surface area contributed by atoms with Crippen molar-refractivity contribution in [3.05, 3.63) is 127 Å². The van der Waals surface area contributed by atoms with Crippen LogP contribution < -0.4 is 15.2 Å². The highest BCUT2D eigenvalue weighted by Crippen LogP contribution is 2.32. The molecule has 0 radical (unpaired) electrons. The third kappa shape index (κ3) is 8.80. The van der Waals surface area contributed by atoms with Gasteiger partial charge in [-0.2, -0.15) is 0 Å². The van der Waals surface area contributed by atoms with Crippen molar-refractivity contribution in [2.45, 2.75) is 26.2 Å². The number of halogens is 6. The quantitative estimate of drug-likeness (QED) is 0.151. The summed E-state index contributed by atoms with van der Waals surface area (Å²) in [6.07, 6.45) is 12.0. The second-order valence-electron chi connectivity index (χ2n) is 9.43. The zero-order valence-electron chi connectivity index (χ0n) is 21.9. The van der Waals surface area contributed by atoms with Gasteiger partial charge in [0, 0.05) is 39.0 Å². The Labute approximate surface area is 248 Å². The molecular weight excluding hydrogens is 649 g/mol. The second-order valence-corrected chi connectivity index (χ2v) is 11.3. The number of benzene rings is 3. The van der Waals surface area contributed by atoms with Gasteiger partial charge in [-0.25, -0.2) is 4.58 Å². The molecule has 0 aliphatic carbocycles. The minimum atomic E-state index is -6.00. The summed E-state index contributed by atoms with van der Waals surface area (Å²) in [5, 5.41) is 2.60. The molecule has 0 bridgehead atoms. The standard InChI is InChI=1S/C31H28Br2NO.BF4/c1-2-17-34-18-3-4-25-19-22(6-16-30(25)34)5-15-29-20-26(23-7-11-27(32)12-8-23)21-31(35-29)24-9-13-28(33)14-10-24;2-1(3,4)5/h5-16,19-21H,2-4,17-18H2,1H3;/q+1;-1. The highest BCUT2D eigenvalue weighted by atomic mass is 79.9. The van der Waals surface area contributed by atoms with E-state index in [1.54, 1.807) is 0 Å². The van der Waals surface area contributed by atoms with E-state index in [2.05, 4.69) is 122 Å². The van der Waals surface area contributed by atoms with E-state index in [1.165, 1.54) is 29.0 Å². The first-order valence-electron chi connectivity index (χ1n) is 13.0. The summed E-state index contributed by atoms with van der Waals surface area (Å²) in [5.41, 5.74) is 4.78. The van der Waals surface area contributed by atoms with Gasteiger partial charge in [-0.3, -0.25) is 0 Å². The van der Waals surface area contributed by atoms with Gasteiger partial charge in [0.15, 0.2) is 0 Å². The molecule has 2 aliphatic heterocycles. The van der Waals surface area contributed by atoms with E-state index in [1.807, 2.05) is 12.1 Å². The van der Waals surface area contributed by atoms with E-state index >= 15 is 0 Å². The van der Waals surface area contributed by atoms with E-state index in [9.17, 15) is 17.3 Å². The molecule has 3 aromatic carbocycles. The zero-order valence-corrected chi connectivity index (χ0v) is 25.1. The molecule has 3 aromatic rings. The molecule has 0 N–H and O–H groups in total. The van der Waals surface area contributed by atoms with Crippen molar-refractivity contribution in [1.29, 1.82) is 0 Å². The average Bonchev–Trinajstić information content (AvgIpc) is 2.92. The Kier molecular flexibility index (Phi) is 10.2. The maximum Gasteiger partial charge on any atom is 0.673 e. The summed E-state index contributed by atoms with van der Waals surface area (Å²) < 4.78 is 50.0. The number of aryl methyl sites for hydroxylation is 1. The maximum atomic E-state index is 9.75. The number of allylic oxidation sites excluding steroid dienone is 4. The van der Waals surface area contributed by atoms with Crippen LogP contribution in [0.25, 0.3) is 17.4 Å². The highest BCUT2D eigenvalue weighted by Gasteiger charge is 2.20. The van der Waals surface area contributed by atoms with Crippen molar-refractivity contribution in [2.75, 3.05) is 13.1 Å². The molecule has 0 unspecified atom stereocenters. The molecule has 0 amide bonds. The fourth-order valence-corrected chi connectivity index (χ4v) is 5.18. The van der Waals surface area contributed by atoms with Crippen molar-refractivity contribution < 1.29 is 22.0 Å². The van der Waals surface area contributed by atoms with Gasteiger partial charge in [0.2, 0.25) is 5.36 Å². The van der Waals surface area contributed by atoms with Crippen LogP contribution in [0.1, 0.15) is 36.5 Å². The van der Waals surface area contributed by atoms with Crippen molar-refractivity contribution in [3.63, 3.8) is 0 Å². The van der Waals surface area contributed by atoms with Gasteiger partial charge in [-0.05, 0) is 77.4 Å². The number of ether oxygens (including phenoxy) is 1. The third-order valence-electron chi connectivity index (χ3n) is 6.37. The second kappa shape index (κ2) is 13.6. The Morgan fingerprint density at radius 3 is 2.10 bits per heavy atom. The molecule has 2 aliphatic rings. The molecular formula is C31H28BBr2F4NO. The van der Waals surface area contributed by atoms with Crippen molar-refractivity contribution in [1.82, 2.24) is 4.58 Å². The summed E-state index contributed by atoms with van der Waals surface area (Å²) in [7, 11) is -6.00. The van der Waals surface area contributed by atoms with Crippen molar-refractivity contribution >= 4 is 56.5 Å². The van der Waals surface area contributed by atoms with E-state index in [0.29, 0.717) is 0 Å². The van der Waals surface area contributed by atoms with Gasteiger partial charge in [0.1, 0.15) is 24.6 Å². The van der Waals surface area contributed by atoms with Gasteiger partial charge >= 0.3 is 7.25 Å². The largest absolute Gasteiger partial charge is 0.673 e. The molecule has 0 atom stereocenters. The summed E-state index contributed by atoms with van der Waals surface area (Å²) >= 11 is 7.07. The molecule has 208 valence electrons. The molecule has 0 aromatic heterocycles. The minimum absolute atomic E-state index is 0.827. The van der Waals surface area contributed by atoms with Crippen molar-refractivity contribution in [3.8, 4) is 0 Å². The Morgan fingerprint density at radius 1 is 0.850 bits per heavy atom. The summed E-state index contributed by atoms with van der Waals surface area (Å²) in [6, 6.07) is 23.5. The summed E-state index contributed by atoms with van der Waals surface area (Å²) in [4.78, 5) is 0. The molecule has 2 heterocycles. The molecule has 9 heteroatoms. The van der Waals surface area contributed by atoms with E-state index < -0.39 is 7.25 Å². The van der Waals surface area contributed by atoms with Crippen LogP contribution in [0, 0.1) is 0 Å². The molecule has 0 saturated heterocycles. The number of rotatable bonds is 5. The van der Waals surface area contributed by atoms with Crippen LogP contribution in [0.4, 0.5) is 17.3 Å². The van der Waals surface area contributed by atoms with Crippen LogP contribution in [0.2, 0.25) is 0 Å². The summed E-state index contributed by atoms with van der Waals surface area (Å²) in [5.74, 6) is 1.67. The molecule has 2 nitrogen and oxygen atoms in total. The van der Waals surface area contributed by atoms with Gasteiger partial charge in [0.25, 0.3) is 0 Å². The average molecular weight is 677 g/mol. The minimum Gasteiger partial charge on any atom is -0.457 e. The Bertz CT molecular complexity index is 1550. The Balaban J connectivity index is 0.000000681. The maximum absolute atomic E-state index is 9.75. The third-order valence-corrected chi connectivity index (χ3v) is 7.43. The van der Waals surface area contributed by atoms with Crippen LogP contribution in [-0.2, 0) is 11.2 Å². The van der Waals surface area contributed by atoms with Gasteiger partial charge in [-0.15, -0.1) is 0 Å². The lowest BCUT2D eigenvalue weighted by molar-refractivity contribution is 0.368. The predicted molar refractivity (Wildman–Crippen MR) is 163 cm³/mol. The lowest BCUT2D eigenvalue weighted by atomic mass is 10.0. The van der Waals surface area contributed by atoms with Gasteiger partial charge < -0.3 is 22.0 Å². The zero-order chi connectivity index (χ0) is 28.7. The first-order valence-corrected chi connectivity index (χ1v) is 14.6. The Hall–Kier alpha value is -2.91. The van der Waals surface area contributed by atoms with Crippen LogP contribution in [0.5, 0.6) is 0 Å². The first kappa shape index (κ1) is 30.1. The van der Waals surface area contributed by atoms with Crippen LogP contribution in [0.3, 0.4) is 0 Å². The van der Waals surface area contributed by atoms with Crippen molar-refractivity contribution in [2.24, 2.45) is 0 Å². The molecule has 0 spiro atoms. The summed E-state index contributed by atoms with van der Waals surface area (Å²) in [6.45, 7) is 4.54. The molecule has 0 saturated carbocycles. The fraction of sp³-hybridized carbons (Fsp3) is 0.194. The predicted octanol–water partition coefficient (Wildman–Crippen LogP) is 8.18. The van der Waals surface area contributed by atoms with Gasteiger partial charge in [0.05, 0.1) is 0 Å². The number of fused-ring (bicyclic) bond motifs is 1. The Morgan fingerprint density at radius 2 is 1.48 bits per heavy atom. The van der Waals surface area contributed by atoms with E-state index in [0.717, 1.165) is 56.7 Å². The van der Waals surface area contributed by atoms with Crippen LogP contribution in [0.15, 0.2) is 99.7 Å². The number of nitrogens with zero attached hydrogens (tertiary/aromatic N) is 1. The number of hydrogen-bond acceptors (Lipinski definition) is 1. The fourth-order valence-electron chi connectivity index (χ4n) is 4.65. The first-order chi connectivity index (χ1) is 19.1. The monoisotopic (exact) mass is 675 g/mol. The smallest absolute Gasteiger partial charge is 0.457 e. The van der Waals surface area contributed by atoms with Crippen LogP contribution in [-0.4, -0.2) is 20.3 Å². The molecule has 5 rings (SSSR count). The molecule has 0 fully saturated rings.